The molecule has 0 atom stereocenters. The molecule has 8 heteroatoms. The summed E-state index contributed by atoms with van der Waals surface area (Å²) in [7, 11) is 0. The Hall–Kier alpha value is -3.81. The molecular formula is C26H28N2O6. The maximum Gasteiger partial charge on any atom is 0.410 e. The van der Waals surface area contributed by atoms with Gasteiger partial charge in [0.1, 0.15) is 22.7 Å². The molecule has 3 aromatic rings. The molecule has 0 N–H and O–H groups in total. The van der Waals surface area contributed by atoms with E-state index in [1.54, 1.807) is 52.3 Å². The van der Waals surface area contributed by atoms with Crippen LogP contribution in [0.15, 0.2) is 63.8 Å². The number of rotatable bonds is 4. The van der Waals surface area contributed by atoms with Crippen molar-refractivity contribution in [2.24, 2.45) is 0 Å². The molecule has 1 aliphatic heterocycles. The zero-order valence-corrected chi connectivity index (χ0v) is 19.6. The molecular weight excluding hydrogens is 436 g/mol. The van der Waals surface area contributed by atoms with Crippen LogP contribution >= 0.6 is 0 Å². The molecule has 8 nitrogen and oxygen atoms in total. The first-order valence-electron chi connectivity index (χ1n) is 11.2. The van der Waals surface area contributed by atoms with E-state index in [4.69, 9.17) is 13.9 Å². The lowest BCUT2D eigenvalue weighted by molar-refractivity contribution is -0.135. The molecule has 0 bridgehead atoms. The van der Waals surface area contributed by atoms with Gasteiger partial charge in [0.15, 0.2) is 12.0 Å². The van der Waals surface area contributed by atoms with Gasteiger partial charge < -0.3 is 23.7 Å². The Kier molecular flexibility index (Phi) is 6.58. The topological polar surface area (TPSA) is 89.3 Å². The third-order valence-electron chi connectivity index (χ3n) is 5.42. The van der Waals surface area contributed by atoms with Gasteiger partial charge in [0, 0.05) is 37.8 Å². The summed E-state index contributed by atoms with van der Waals surface area (Å²) in [6.07, 6.45) is -0.363. The summed E-state index contributed by atoms with van der Waals surface area (Å²) in [4.78, 5) is 40.3. The average molecular weight is 465 g/mol. The summed E-state index contributed by atoms with van der Waals surface area (Å²) < 4.78 is 16.9. The average Bonchev–Trinajstić information content (AvgIpc) is 2.82. The van der Waals surface area contributed by atoms with Crippen LogP contribution in [-0.2, 0) is 9.53 Å². The van der Waals surface area contributed by atoms with E-state index in [0.29, 0.717) is 48.7 Å². The number of piperazine rings is 1. The largest absolute Gasteiger partial charge is 0.484 e. The molecule has 0 radical (unpaired) electrons. The minimum Gasteiger partial charge on any atom is -0.484 e. The van der Waals surface area contributed by atoms with E-state index in [1.807, 2.05) is 26.8 Å². The number of fused-ring (bicyclic) bond motifs is 1. The number of nitrogens with zero attached hydrogens (tertiary/aromatic N) is 2. The summed E-state index contributed by atoms with van der Waals surface area (Å²) in [5, 5.41) is 0.539. The van der Waals surface area contributed by atoms with Crippen molar-refractivity contribution in [3.05, 3.63) is 64.8 Å². The molecule has 0 aliphatic carbocycles. The maximum atomic E-state index is 12.5. The fourth-order valence-corrected chi connectivity index (χ4v) is 3.66. The molecule has 1 saturated heterocycles. The first-order chi connectivity index (χ1) is 16.2. The van der Waals surface area contributed by atoms with E-state index in [1.165, 1.54) is 6.07 Å². The van der Waals surface area contributed by atoms with Crippen molar-refractivity contribution >= 4 is 23.0 Å². The summed E-state index contributed by atoms with van der Waals surface area (Å²) in [5.74, 6) is 0.857. The highest BCUT2D eigenvalue weighted by Gasteiger charge is 2.27. The van der Waals surface area contributed by atoms with E-state index in [0.717, 1.165) is 5.56 Å². The van der Waals surface area contributed by atoms with Crippen LogP contribution in [0, 0.1) is 0 Å². The fourth-order valence-electron chi connectivity index (χ4n) is 3.66. The number of carbonyl (C=O) groups is 2. The van der Waals surface area contributed by atoms with Crippen molar-refractivity contribution in [3.63, 3.8) is 0 Å². The van der Waals surface area contributed by atoms with Gasteiger partial charge in [-0.3, -0.25) is 9.59 Å². The molecule has 1 aromatic heterocycles. The molecule has 0 spiro atoms. The summed E-state index contributed by atoms with van der Waals surface area (Å²) >= 11 is 0. The lowest BCUT2D eigenvalue weighted by Crippen LogP contribution is -2.52. The summed E-state index contributed by atoms with van der Waals surface area (Å²) in [6.45, 7) is 7.09. The molecule has 2 aromatic carbocycles. The van der Waals surface area contributed by atoms with Crippen LogP contribution in [0.3, 0.4) is 0 Å². The van der Waals surface area contributed by atoms with Crippen molar-refractivity contribution < 1.29 is 23.5 Å². The molecule has 1 fully saturated rings. The zero-order chi connectivity index (χ0) is 24.3. The number of hydrogen-bond acceptors (Lipinski definition) is 6. The molecule has 2 heterocycles. The number of para-hydroxylation sites is 1. The Morgan fingerprint density at radius 1 is 0.941 bits per heavy atom. The van der Waals surface area contributed by atoms with Crippen LogP contribution in [0.2, 0.25) is 0 Å². The van der Waals surface area contributed by atoms with E-state index < -0.39 is 5.60 Å². The fraction of sp³-hybridized carbons (Fsp3) is 0.346. The summed E-state index contributed by atoms with van der Waals surface area (Å²) in [6, 6.07) is 15.6. The number of hydrogen-bond donors (Lipinski definition) is 0. The van der Waals surface area contributed by atoms with Gasteiger partial charge in [0.2, 0.25) is 0 Å². The zero-order valence-electron chi connectivity index (χ0n) is 19.6. The first kappa shape index (κ1) is 23.4. The van der Waals surface area contributed by atoms with Gasteiger partial charge >= 0.3 is 6.09 Å². The first-order valence-corrected chi connectivity index (χ1v) is 11.2. The molecule has 0 saturated carbocycles. The monoisotopic (exact) mass is 464 g/mol. The highest BCUT2D eigenvalue weighted by Crippen LogP contribution is 2.24. The normalized spacial score (nSPS) is 14.2. The van der Waals surface area contributed by atoms with Crippen molar-refractivity contribution in [2.75, 3.05) is 32.8 Å². The second-order valence-corrected chi connectivity index (χ2v) is 9.13. The lowest BCUT2D eigenvalue weighted by Gasteiger charge is -2.35. The van der Waals surface area contributed by atoms with Crippen molar-refractivity contribution in [1.29, 1.82) is 0 Å². The Morgan fingerprint density at radius 3 is 2.26 bits per heavy atom. The Bertz CT molecular complexity index is 1230. The van der Waals surface area contributed by atoms with Crippen LogP contribution in [0.25, 0.3) is 22.3 Å². The summed E-state index contributed by atoms with van der Waals surface area (Å²) in [5.41, 5.74) is 0.615. The van der Waals surface area contributed by atoms with E-state index in [2.05, 4.69) is 0 Å². The van der Waals surface area contributed by atoms with Crippen LogP contribution in [-0.4, -0.2) is 60.2 Å². The van der Waals surface area contributed by atoms with Crippen LogP contribution < -0.4 is 10.2 Å². The van der Waals surface area contributed by atoms with Gasteiger partial charge in [-0.15, -0.1) is 0 Å². The second kappa shape index (κ2) is 9.59. The van der Waals surface area contributed by atoms with Gasteiger partial charge in [-0.25, -0.2) is 4.79 Å². The van der Waals surface area contributed by atoms with E-state index in [-0.39, 0.29) is 24.0 Å². The maximum absolute atomic E-state index is 12.5. The predicted molar refractivity (Wildman–Crippen MR) is 128 cm³/mol. The number of ether oxygens (including phenoxy) is 2. The number of benzene rings is 2. The minimum absolute atomic E-state index is 0.100. The van der Waals surface area contributed by atoms with E-state index in [9.17, 15) is 14.4 Å². The molecule has 1 aliphatic rings. The van der Waals surface area contributed by atoms with Crippen molar-refractivity contribution in [1.82, 2.24) is 9.80 Å². The van der Waals surface area contributed by atoms with Crippen LogP contribution in [0.5, 0.6) is 5.75 Å². The third kappa shape index (κ3) is 5.57. The van der Waals surface area contributed by atoms with Crippen LogP contribution in [0.1, 0.15) is 20.8 Å². The van der Waals surface area contributed by atoms with E-state index >= 15 is 0 Å². The molecule has 2 amide bonds. The van der Waals surface area contributed by atoms with Crippen LogP contribution in [0.4, 0.5) is 4.79 Å². The standard InChI is InChI=1S/C26H28N2O6/c1-26(2,3)34-25(31)28-14-12-27(13-15-28)24(30)17-32-19-10-8-18(9-11-19)23-16-21(29)20-6-4-5-7-22(20)33-23/h4-11,16H,12-15,17H2,1-3H3. The molecule has 34 heavy (non-hydrogen) atoms. The second-order valence-electron chi connectivity index (χ2n) is 9.13. The smallest absolute Gasteiger partial charge is 0.410 e. The van der Waals surface area contributed by atoms with Crippen molar-refractivity contribution in [2.45, 2.75) is 26.4 Å². The van der Waals surface area contributed by atoms with Crippen molar-refractivity contribution in [3.8, 4) is 17.1 Å². The van der Waals surface area contributed by atoms with Gasteiger partial charge in [-0.2, -0.15) is 0 Å². The minimum atomic E-state index is -0.549. The third-order valence-corrected chi connectivity index (χ3v) is 5.42. The quantitative estimate of drug-likeness (QED) is 0.582. The Labute approximate surface area is 197 Å². The van der Waals surface area contributed by atoms with Gasteiger partial charge in [-0.1, -0.05) is 12.1 Å². The predicted octanol–water partition coefficient (Wildman–Crippen LogP) is 3.92. The molecule has 178 valence electrons. The van der Waals surface area contributed by atoms with Gasteiger partial charge in [0.05, 0.1) is 5.39 Å². The highest BCUT2D eigenvalue weighted by atomic mass is 16.6. The van der Waals surface area contributed by atoms with Gasteiger partial charge in [0.25, 0.3) is 5.91 Å². The number of carbonyl (C=O) groups excluding carboxylic acids is 2. The molecule has 4 rings (SSSR count). The molecule has 0 unspecified atom stereocenters. The highest BCUT2D eigenvalue weighted by molar-refractivity contribution is 5.79. The lowest BCUT2D eigenvalue weighted by atomic mass is 10.1. The van der Waals surface area contributed by atoms with Gasteiger partial charge in [-0.05, 0) is 57.2 Å². The Morgan fingerprint density at radius 2 is 1.59 bits per heavy atom. The number of amides is 2. The SMILES string of the molecule is CC(C)(C)OC(=O)N1CCN(C(=O)COc2ccc(-c3cc(=O)c4ccccc4o3)cc2)CC1. The Balaban J connectivity index is 1.31.